The SMILES string of the molecule is NC1C(C(=O)OCc2ccccc2)CCN1C(=O)O. The number of likely N-dealkylation sites (tertiary alicyclic amines) is 1. The number of amides is 1. The fourth-order valence-electron chi connectivity index (χ4n) is 2.13. The fraction of sp³-hybridized carbons (Fsp3) is 0.385. The second kappa shape index (κ2) is 5.71. The number of ether oxygens (including phenoxy) is 1. The molecule has 0 bridgehead atoms. The summed E-state index contributed by atoms with van der Waals surface area (Å²) in [6.45, 7) is 0.442. The van der Waals surface area contributed by atoms with E-state index in [0.29, 0.717) is 6.42 Å². The molecular weight excluding hydrogens is 248 g/mol. The summed E-state index contributed by atoms with van der Waals surface area (Å²) in [6.07, 6.45) is -1.52. The van der Waals surface area contributed by atoms with Crippen LogP contribution in [-0.4, -0.2) is 34.8 Å². The Morgan fingerprint density at radius 2 is 2.05 bits per heavy atom. The van der Waals surface area contributed by atoms with Crippen LogP contribution in [0.15, 0.2) is 30.3 Å². The van der Waals surface area contributed by atoms with Crippen LogP contribution in [0.4, 0.5) is 4.79 Å². The highest BCUT2D eigenvalue weighted by Gasteiger charge is 2.39. The number of carbonyl (C=O) groups is 2. The Balaban J connectivity index is 1.89. The van der Waals surface area contributed by atoms with Crippen LogP contribution in [0, 0.1) is 5.92 Å². The summed E-state index contributed by atoms with van der Waals surface area (Å²) < 4.78 is 5.17. The molecule has 3 N–H and O–H groups in total. The summed E-state index contributed by atoms with van der Waals surface area (Å²) in [7, 11) is 0. The van der Waals surface area contributed by atoms with Gasteiger partial charge in [-0.1, -0.05) is 30.3 Å². The number of carbonyl (C=O) groups excluding carboxylic acids is 1. The van der Waals surface area contributed by atoms with E-state index in [1.54, 1.807) is 0 Å². The molecule has 0 radical (unpaired) electrons. The first kappa shape index (κ1) is 13.4. The topological polar surface area (TPSA) is 92.9 Å². The second-order valence-corrected chi connectivity index (χ2v) is 4.46. The van der Waals surface area contributed by atoms with Crippen LogP contribution >= 0.6 is 0 Å². The van der Waals surface area contributed by atoms with Gasteiger partial charge in [0.25, 0.3) is 0 Å². The minimum Gasteiger partial charge on any atom is -0.465 e. The van der Waals surface area contributed by atoms with Crippen molar-refractivity contribution in [2.24, 2.45) is 11.7 Å². The number of hydrogen-bond acceptors (Lipinski definition) is 4. The van der Waals surface area contributed by atoms with E-state index >= 15 is 0 Å². The van der Waals surface area contributed by atoms with Crippen LogP contribution < -0.4 is 5.73 Å². The van der Waals surface area contributed by atoms with Crippen LogP contribution in [0.5, 0.6) is 0 Å². The Kier molecular flexibility index (Phi) is 4.01. The van der Waals surface area contributed by atoms with Crippen molar-refractivity contribution in [3.05, 3.63) is 35.9 Å². The second-order valence-electron chi connectivity index (χ2n) is 4.46. The van der Waals surface area contributed by atoms with E-state index in [1.807, 2.05) is 30.3 Å². The largest absolute Gasteiger partial charge is 0.465 e. The van der Waals surface area contributed by atoms with Crippen molar-refractivity contribution in [3.63, 3.8) is 0 Å². The highest BCUT2D eigenvalue weighted by Crippen LogP contribution is 2.22. The van der Waals surface area contributed by atoms with Gasteiger partial charge in [-0.3, -0.25) is 9.69 Å². The Morgan fingerprint density at radius 1 is 1.37 bits per heavy atom. The predicted octanol–water partition coefficient (Wildman–Crippen LogP) is 1.01. The lowest BCUT2D eigenvalue weighted by Crippen LogP contribution is -2.45. The van der Waals surface area contributed by atoms with E-state index in [4.69, 9.17) is 15.6 Å². The molecule has 1 aromatic rings. The molecule has 102 valence electrons. The van der Waals surface area contributed by atoms with Crippen LogP contribution in [-0.2, 0) is 16.1 Å². The number of nitrogens with zero attached hydrogens (tertiary/aromatic N) is 1. The molecule has 1 aliphatic rings. The molecule has 0 saturated carbocycles. The molecule has 0 aliphatic carbocycles. The molecule has 1 aliphatic heterocycles. The maximum Gasteiger partial charge on any atom is 0.408 e. The average molecular weight is 264 g/mol. The minimum absolute atomic E-state index is 0.177. The van der Waals surface area contributed by atoms with Gasteiger partial charge in [0, 0.05) is 6.54 Å². The van der Waals surface area contributed by atoms with Gasteiger partial charge in [-0.05, 0) is 12.0 Å². The summed E-state index contributed by atoms with van der Waals surface area (Å²) in [5, 5.41) is 8.88. The Labute approximate surface area is 110 Å². The summed E-state index contributed by atoms with van der Waals surface area (Å²) in [5.41, 5.74) is 6.62. The minimum atomic E-state index is -1.11. The van der Waals surface area contributed by atoms with Crippen molar-refractivity contribution in [3.8, 4) is 0 Å². The summed E-state index contributed by atoms with van der Waals surface area (Å²) in [4.78, 5) is 23.8. The van der Waals surface area contributed by atoms with Gasteiger partial charge in [0.05, 0.1) is 12.1 Å². The molecule has 1 amide bonds. The molecule has 1 fully saturated rings. The van der Waals surface area contributed by atoms with E-state index in [2.05, 4.69) is 0 Å². The summed E-state index contributed by atoms with van der Waals surface area (Å²) >= 11 is 0. The van der Waals surface area contributed by atoms with Crippen LogP contribution in [0.2, 0.25) is 0 Å². The lowest BCUT2D eigenvalue weighted by molar-refractivity contribution is -0.150. The maximum atomic E-state index is 11.9. The lowest BCUT2D eigenvalue weighted by Gasteiger charge is -2.20. The van der Waals surface area contributed by atoms with Gasteiger partial charge in [0.15, 0.2) is 0 Å². The molecule has 2 rings (SSSR count). The van der Waals surface area contributed by atoms with Crippen molar-refractivity contribution in [2.75, 3.05) is 6.54 Å². The van der Waals surface area contributed by atoms with E-state index in [-0.39, 0.29) is 13.2 Å². The van der Waals surface area contributed by atoms with E-state index in [0.717, 1.165) is 10.5 Å². The smallest absolute Gasteiger partial charge is 0.408 e. The van der Waals surface area contributed by atoms with Crippen LogP contribution in [0.3, 0.4) is 0 Å². The van der Waals surface area contributed by atoms with Crippen molar-refractivity contribution in [2.45, 2.75) is 19.2 Å². The van der Waals surface area contributed by atoms with E-state index < -0.39 is 24.1 Å². The van der Waals surface area contributed by atoms with Crippen molar-refractivity contribution >= 4 is 12.1 Å². The molecule has 1 aromatic carbocycles. The third-order valence-electron chi connectivity index (χ3n) is 3.23. The third kappa shape index (κ3) is 3.03. The monoisotopic (exact) mass is 264 g/mol. The van der Waals surface area contributed by atoms with Gasteiger partial charge < -0.3 is 15.6 Å². The molecule has 1 saturated heterocycles. The third-order valence-corrected chi connectivity index (χ3v) is 3.23. The number of nitrogens with two attached hydrogens (primary N) is 1. The first-order valence-corrected chi connectivity index (χ1v) is 6.05. The molecule has 6 heteroatoms. The molecular formula is C13H16N2O4. The number of rotatable bonds is 3. The van der Waals surface area contributed by atoms with Gasteiger partial charge in [-0.25, -0.2) is 4.79 Å². The summed E-state index contributed by atoms with van der Waals surface area (Å²) in [6, 6.07) is 9.30. The Hall–Kier alpha value is -2.08. The first-order valence-electron chi connectivity index (χ1n) is 6.05. The fourth-order valence-corrected chi connectivity index (χ4v) is 2.13. The highest BCUT2D eigenvalue weighted by atomic mass is 16.5. The van der Waals surface area contributed by atoms with Crippen molar-refractivity contribution in [1.29, 1.82) is 0 Å². The molecule has 1 heterocycles. The Bertz CT molecular complexity index is 463. The lowest BCUT2D eigenvalue weighted by atomic mass is 10.1. The van der Waals surface area contributed by atoms with Gasteiger partial charge in [-0.15, -0.1) is 0 Å². The molecule has 6 nitrogen and oxygen atoms in total. The molecule has 0 aromatic heterocycles. The Morgan fingerprint density at radius 3 is 2.63 bits per heavy atom. The van der Waals surface area contributed by atoms with Crippen molar-refractivity contribution < 1.29 is 19.4 Å². The van der Waals surface area contributed by atoms with Crippen LogP contribution in [0.25, 0.3) is 0 Å². The number of esters is 1. The highest BCUT2D eigenvalue weighted by molar-refractivity contribution is 5.76. The number of benzene rings is 1. The number of carboxylic acid groups (broad SMARTS) is 1. The maximum absolute atomic E-state index is 11.9. The molecule has 2 atom stereocenters. The van der Waals surface area contributed by atoms with Gasteiger partial charge >= 0.3 is 12.1 Å². The summed E-state index contributed by atoms with van der Waals surface area (Å²) in [5.74, 6) is -1.03. The first-order chi connectivity index (χ1) is 9.09. The standard InChI is InChI=1S/C13H16N2O4/c14-11-10(6-7-15(11)13(17)18)12(16)19-8-9-4-2-1-3-5-9/h1-5,10-11H,6-8,14H2,(H,17,18). The number of hydrogen-bond donors (Lipinski definition) is 2. The van der Waals surface area contributed by atoms with E-state index in [9.17, 15) is 9.59 Å². The zero-order chi connectivity index (χ0) is 13.8. The molecule has 0 spiro atoms. The predicted molar refractivity (Wildman–Crippen MR) is 67.1 cm³/mol. The zero-order valence-corrected chi connectivity index (χ0v) is 10.4. The molecule has 2 unspecified atom stereocenters. The van der Waals surface area contributed by atoms with Crippen molar-refractivity contribution in [1.82, 2.24) is 4.90 Å². The average Bonchev–Trinajstić information content (AvgIpc) is 2.79. The normalized spacial score (nSPS) is 22.3. The van der Waals surface area contributed by atoms with Gasteiger partial charge in [-0.2, -0.15) is 0 Å². The van der Waals surface area contributed by atoms with E-state index in [1.165, 1.54) is 0 Å². The van der Waals surface area contributed by atoms with Gasteiger partial charge in [0.1, 0.15) is 6.61 Å². The van der Waals surface area contributed by atoms with Gasteiger partial charge in [0.2, 0.25) is 0 Å². The zero-order valence-electron chi connectivity index (χ0n) is 10.4. The molecule has 19 heavy (non-hydrogen) atoms. The van der Waals surface area contributed by atoms with Crippen LogP contribution in [0.1, 0.15) is 12.0 Å². The quantitative estimate of drug-likeness (QED) is 0.795.